The van der Waals surface area contributed by atoms with Gasteiger partial charge in [-0.25, -0.2) is 9.78 Å². The van der Waals surface area contributed by atoms with Crippen molar-refractivity contribution < 1.29 is 87.5 Å². The molecule has 1 heterocycles. The molecule has 0 saturated heterocycles. The first-order chi connectivity index (χ1) is 51.6. The Morgan fingerprint density at radius 3 is 1.22 bits per heavy atom. The van der Waals surface area contributed by atoms with Crippen LogP contribution in [0.2, 0.25) is 0 Å². The number of rotatable bonds is 45. The van der Waals surface area contributed by atoms with E-state index in [-0.39, 0.29) is 92.8 Å². The van der Waals surface area contributed by atoms with Gasteiger partial charge in [-0.2, -0.15) is 0 Å². The summed E-state index contributed by atoms with van der Waals surface area (Å²) in [5.41, 5.74) is 14.5. The predicted octanol–water partition coefficient (Wildman–Crippen LogP) is 0.847. The molecular weight excluding hydrogens is 1400 g/mol. The molecular formula is C75H91N15O18. The lowest BCUT2D eigenvalue weighted by atomic mass is 9.98. The number of unbranched alkanes of at least 4 members (excludes halogenated alkanes) is 2. The van der Waals surface area contributed by atoms with Crippen LogP contribution in [0.3, 0.4) is 0 Å². The Bertz CT molecular complexity index is 4090. The molecule has 0 spiro atoms. The number of hydrogen-bond donors (Lipinski definition) is 18. The van der Waals surface area contributed by atoms with E-state index in [1.54, 1.807) is 86.6 Å². The van der Waals surface area contributed by atoms with Crippen LogP contribution in [0.25, 0.3) is 0 Å². The molecule has 574 valence electrons. The second-order valence-corrected chi connectivity index (χ2v) is 25.5. The molecule has 0 bridgehead atoms. The SMILES string of the molecule is CCCC[C@H](NC(=O)[C@H](CC(=O)O)NC(=O)[C@H](Cc1ccc(C(=O)c2ccccc2)cc1)NC(=O)[C@H](CCCC)NC(=O)[C@H](CCCNC(=N)N)NC(=O)[C@H](Cc1c[nH]cn1)NC(=O)CNC(=O)[C@H](N)Cc1ccc(O)cc1)C(=O)N[C@@H](CC(=O)O)C(=O)N[C@@H](Cc1ccc(C(=O)c2ccccc2)cc1)C(=O)O. The van der Waals surface area contributed by atoms with Crippen molar-refractivity contribution in [2.75, 3.05) is 13.1 Å². The van der Waals surface area contributed by atoms with Gasteiger partial charge in [-0.05, 0) is 60.9 Å². The zero-order valence-electron chi connectivity index (χ0n) is 59.5. The summed E-state index contributed by atoms with van der Waals surface area (Å²) in [5.74, 6) is -15.2. The van der Waals surface area contributed by atoms with Crippen molar-refractivity contribution in [2.24, 2.45) is 11.5 Å². The Balaban J connectivity index is 1.23. The lowest BCUT2D eigenvalue weighted by Crippen LogP contribution is -2.61. The van der Waals surface area contributed by atoms with E-state index in [0.717, 1.165) is 0 Å². The molecule has 0 unspecified atom stereocenters. The number of amides is 9. The second kappa shape index (κ2) is 42.9. The first-order valence-electron chi connectivity index (χ1n) is 34.9. The van der Waals surface area contributed by atoms with Crippen molar-refractivity contribution in [1.82, 2.24) is 63.1 Å². The van der Waals surface area contributed by atoms with Gasteiger partial charge >= 0.3 is 17.9 Å². The van der Waals surface area contributed by atoms with Gasteiger partial charge in [-0.3, -0.25) is 67.7 Å². The number of phenols is 1. The molecule has 6 aromatic rings. The molecule has 108 heavy (non-hydrogen) atoms. The Morgan fingerprint density at radius 2 is 0.806 bits per heavy atom. The summed E-state index contributed by atoms with van der Waals surface area (Å²) in [6, 6.07) is 19.7. The molecule has 33 nitrogen and oxygen atoms in total. The topological polar surface area (TPSA) is 545 Å². The summed E-state index contributed by atoms with van der Waals surface area (Å²) in [6.45, 7) is 2.88. The number of aromatic amines is 1. The number of hydrogen-bond acceptors (Lipinski definition) is 18. The molecule has 5 aromatic carbocycles. The van der Waals surface area contributed by atoms with Crippen molar-refractivity contribution in [3.8, 4) is 5.75 Å². The van der Waals surface area contributed by atoms with Crippen molar-refractivity contribution in [1.29, 1.82) is 5.41 Å². The molecule has 6 rings (SSSR count). The monoisotopic (exact) mass is 1490 g/mol. The molecule has 0 saturated carbocycles. The smallest absolute Gasteiger partial charge is 0.326 e. The van der Waals surface area contributed by atoms with E-state index in [2.05, 4.69) is 63.1 Å². The van der Waals surface area contributed by atoms with Gasteiger partial charge in [0.1, 0.15) is 54.1 Å². The lowest BCUT2D eigenvalue weighted by Gasteiger charge is -2.28. The highest BCUT2D eigenvalue weighted by Gasteiger charge is 2.37. The van der Waals surface area contributed by atoms with E-state index in [0.29, 0.717) is 46.4 Å². The van der Waals surface area contributed by atoms with Crippen LogP contribution in [0.15, 0.2) is 146 Å². The molecule has 9 amide bonds. The van der Waals surface area contributed by atoms with Crippen LogP contribution in [0.1, 0.15) is 132 Å². The third-order valence-corrected chi connectivity index (χ3v) is 17.0. The van der Waals surface area contributed by atoms with Crippen LogP contribution in [-0.4, -0.2) is 186 Å². The van der Waals surface area contributed by atoms with Gasteiger partial charge in [0.05, 0.1) is 37.4 Å². The number of aromatic nitrogens is 2. The minimum absolute atomic E-state index is 0.00171. The maximum atomic E-state index is 14.9. The number of ketones is 2. The molecule has 0 fully saturated rings. The summed E-state index contributed by atoms with van der Waals surface area (Å²) in [5, 5.41) is 72.4. The number of carbonyl (C=O) groups excluding carboxylic acids is 11. The number of carboxylic acid groups (broad SMARTS) is 3. The maximum absolute atomic E-state index is 14.9. The number of aromatic hydroxyl groups is 1. The number of nitrogens with zero attached hydrogens (tertiary/aromatic N) is 1. The van der Waals surface area contributed by atoms with Gasteiger partial charge in [0.15, 0.2) is 17.5 Å². The fourth-order valence-electron chi connectivity index (χ4n) is 11.1. The number of aliphatic carboxylic acids is 3. The number of carboxylic acids is 3. The number of H-pyrrole nitrogens is 1. The quantitative estimate of drug-likeness (QED) is 0.0109. The van der Waals surface area contributed by atoms with Gasteiger partial charge in [-0.15, -0.1) is 0 Å². The van der Waals surface area contributed by atoms with Gasteiger partial charge in [0, 0.05) is 54.3 Å². The average Bonchev–Trinajstić information content (AvgIpc) is 0.891. The minimum Gasteiger partial charge on any atom is -0.508 e. The molecule has 0 aliphatic heterocycles. The zero-order valence-corrected chi connectivity index (χ0v) is 59.5. The average molecular weight is 1490 g/mol. The van der Waals surface area contributed by atoms with E-state index in [1.807, 2.05) is 0 Å². The summed E-state index contributed by atoms with van der Waals surface area (Å²) in [7, 11) is 0. The fraction of sp³-hybridized carbons (Fsp3) is 0.360. The van der Waals surface area contributed by atoms with Gasteiger partial charge in [0.2, 0.25) is 53.2 Å². The van der Waals surface area contributed by atoms with Crippen LogP contribution >= 0.6 is 0 Å². The van der Waals surface area contributed by atoms with Crippen molar-refractivity contribution >= 4 is 88.6 Å². The summed E-state index contributed by atoms with van der Waals surface area (Å²) < 4.78 is 0. The van der Waals surface area contributed by atoms with Crippen molar-refractivity contribution in [2.45, 2.75) is 158 Å². The second-order valence-electron chi connectivity index (χ2n) is 25.5. The number of guanidine groups is 1. The van der Waals surface area contributed by atoms with Crippen LogP contribution in [0.5, 0.6) is 5.75 Å². The number of nitrogens with two attached hydrogens (primary N) is 2. The number of imidazole rings is 1. The highest BCUT2D eigenvalue weighted by molar-refractivity contribution is 6.10. The number of nitrogens with one attached hydrogen (secondary N) is 12. The molecule has 33 heteroatoms. The number of phenolic OH excluding ortho intramolecular Hbond substituents is 1. The van der Waals surface area contributed by atoms with Crippen molar-refractivity contribution in [3.05, 3.63) is 191 Å². The largest absolute Gasteiger partial charge is 0.508 e. The Labute approximate surface area is 621 Å². The van der Waals surface area contributed by atoms with Crippen LogP contribution < -0.4 is 64.6 Å². The van der Waals surface area contributed by atoms with E-state index in [9.17, 15) is 87.5 Å². The van der Waals surface area contributed by atoms with Crippen molar-refractivity contribution in [3.63, 3.8) is 0 Å². The molecule has 0 aliphatic carbocycles. The number of carbonyl (C=O) groups is 14. The van der Waals surface area contributed by atoms with E-state index >= 15 is 0 Å². The minimum atomic E-state index is -2.05. The summed E-state index contributed by atoms with van der Waals surface area (Å²) >= 11 is 0. The molecule has 20 N–H and O–H groups in total. The molecule has 1 aromatic heterocycles. The van der Waals surface area contributed by atoms with Crippen LogP contribution in [-0.2, 0) is 83.2 Å². The van der Waals surface area contributed by atoms with Crippen LogP contribution in [0.4, 0.5) is 0 Å². The highest BCUT2D eigenvalue weighted by Crippen LogP contribution is 2.18. The van der Waals surface area contributed by atoms with Gasteiger partial charge in [-0.1, -0.05) is 161 Å². The Kier molecular flexibility index (Phi) is 33.5. The third kappa shape index (κ3) is 28.1. The van der Waals surface area contributed by atoms with E-state index in [1.165, 1.54) is 73.2 Å². The Hall–Kier alpha value is -12.7. The third-order valence-electron chi connectivity index (χ3n) is 17.0. The molecule has 0 radical (unpaired) electrons. The highest BCUT2D eigenvalue weighted by atomic mass is 16.4. The van der Waals surface area contributed by atoms with Gasteiger partial charge in [0.25, 0.3) is 0 Å². The summed E-state index contributed by atoms with van der Waals surface area (Å²) in [6.07, 6.45) is 0.466. The van der Waals surface area contributed by atoms with Gasteiger partial charge < -0.3 is 90.0 Å². The normalized spacial score (nSPS) is 13.4. The fourth-order valence-corrected chi connectivity index (χ4v) is 11.1. The number of benzene rings is 5. The maximum Gasteiger partial charge on any atom is 0.326 e. The van der Waals surface area contributed by atoms with E-state index < -0.39 is 157 Å². The zero-order chi connectivity index (χ0) is 78.8. The predicted molar refractivity (Wildman–Crippen MR) is 391 cm³/mol. The first-order valence-corrected chi connectivity index (χ1v) is 34.9. The standard InChI is InChI=1S/C75H91N15O18/c1-3-5-18-53(84-67(100)55(20-13-33-80-75(77)78)86-71(104)57(37-50-40-79-42-82-50)83-61(92)41-81-66(99)52(76)34-43-25-31-51(91)32-26-43)68(101)87-56(35-44-21-27-48(28-22-44)64(97)46-14-9-7-10-15-46)70(103)89-58(38-62(93)94)72(105)85-54(19-6-4-2)69(102)88-59(39-63(95)96)73(106)90-60(74(107)108)36-45-23-29-49(30-24-45)65(98)47-16-11-8-12-17-47/h7-12,14-17,21-32,40,42,52-60,91H,3-6,13,18-20,33-39,41,76H2,1-2H3,(H,79,82)(H,81,99)(H,83,92)(H,84,100)(H,85,105)(H,86,104)(H,87,101)(H,88,102)(H,89,103)(H,90,106)(H,93,94)(H,95,96)(H,107,108)(H4,77,78,80)/t52-,53+,54+,55+,56+,57+,58+,59+,60+/m1/s1. The first kappa shape index (κ1) is 84.3. The summed E-state index contributed by atoms with van der Waals surface area (Å²) in [4.78, 5) is 199. The molecule has 9 atom stereocenters. The molecule has 0 aliphatic rings. The van der Waals surface area contributed by atoms with Crippen LogP contribution in [0, 0.1) is 5.41 Å². The van der Waals surface area contributed by atoms with E-state index in [4.69, 9.17) is 16.9 Å². The lowest BCUT2D eigenvalue weighted by molar-refractivity contribution is -0.143. The Morgan fingerprint density at radius 1 is 0.435 bits per heavy atom.